The molecule has 1 atom stereocenters. The van der Waals surface area contributed by atoms with Crippen LogP contribution in [0.2, 0.25) is 0 Å². The average molecular weight is 359 g/mol. The molecule has 0 aromatic carbocycles. The molecule has 0 spiro atoms. The van der Waals surface area contributed by atoms with Crippen LogP contribution in [0.15, 0.2) is 22.9 Å². The predicted molar refractivity (Wildman–Crippen MR) is 101 cm³/mol. The maximum absolute atomic E-state index is 5.43. The highest BCUT2D eigenvalue weighted by atomic mass is 32.2. The topological polar surface area (TPSA) is 58.3 Å². The lowest BCUT2D eigenvalue weighted by molar-refractivity contribution is 0.245. The summed E-state index contributed by atoms with van der Waals surface area (Å²) in [6.07, 6.45) is 4.42. The molecule has 134 valence electrons. The van der Waals surface area contributed by atoms with Gasteiger partial charge in [0.1, 0.15) is 5.82 Å². The molecule has 2 aromatic rings. The van der Waals surface area contributed by atoms with E-state index in [1.54, 1.807) is 0 Å². The van der Waals surface area contributed by atoms with Crippen molar-refractivity contribution in [3.63, 3.8) is 0 Å². The van der Waals surface area contributed by atoms with Gasteiger partial charge in [0.15, 0.2) is 0 Å². The molecule has 2 aliphatic heterocycles. The minimum Gasteiger partial charge on any atom is -0.356 e. The molecule has 0 N–H and O–H groups in total. The first kappa shape index (κ1) is 16.8. The Morgan fingerprint density at radius 1 is 1.24 bits per heavy atom. The summed E-state index contributed by atoms with van der Waals surface area (Å²) in [5, 5.41) is 4.13. The molecule has 2 saturated heterocycles. The summed E-state index contributed by atoms with van der Waals surface area (Å²) >= 11 is 2.00. The van der Waals surface area contributed by atoms with Crippen LogP contribution in [0.3, 0.4) is 0 Å². The molecular formula is C18H25N5OS. The van der Waals surface area contributed by atoms with Crippen molar-refractivity contribution in [2.24, 2.45) is 5.92 Å². The van der Waals surface area contributed by atoms with Gasteiger partial charge in [-0.15, -0.1) is 0 Å². The second-order valence-corrected chi connectivity index (χ2v) is 8.22. The number of pyridine rings is 1. The summed E-state index contributed by atoms with van der Waals surface area (Å²) in [7, 11) is 0. The van der Waals surface area contributed by atoms with E-state index in [0.29, 0.717) is 11.7 Å². The number of rotatable bonds is 4. The van der Waals surface area contributed by atoms with Gasteiger partial charge in [0, 0.05) is 49.4 Å². The van der Waals surface area contributed by atoms with Gasteiger partial charge in [0.05, 0.1) is 6.54 Å². The lowest BCUT2D eigenvalue weighted by Gasteiger charge is -2.31. The van der Waals surface area contributed by atoms with Crippen molar-refractivity contribution in [2.75, 3.05) is 42.6 Å². The molecule has 6 nitrogen and oxygen atoms in total. The Kier molecular flexibility index (Phi) is 5.22. The lowest BCUT2D eigenvalue weighted by atomic mass is 10.0. The van der Waals surface area contributed by atoms with Gasteiger partial charge in [0.2, 0.25) is 11.7 Å². The Labute approximate surface area is 153 Å². The Hall–Kier alpha value is -1.60. The summed E-state index contributed by atoms with van der Waals surface area (Å²) in [5.41, 5.74) is 0.915. The van der Waals surface area contributed by atoms with Gasteiger partial charge in [-0.2, -0.15) is 16.7 Å². The van der Waals surface area contributed by atoms with Crippen LogP contribution < -0.4 is 4.90 Å². The quantitative estimate of drug-likeness (QED) is 0.832. The van der Waals surface area contributed by atoms with Crippen LogP contribution in [0.4, 0.5) is 5.82 Å². The minimum absolute atomic E-state index is 0.632. The molecule has 25 heavy (non-hydrogen) atoms. The van der Waals surface area contributed by atoms with E-state index in [9.17, 15) is 0 Å². The fourth-order valence-electron chi connectivity index (χ4n) is 3.49. The average Bonchev–Trinajstić information content (AvgIpc) is 3.11. The van der Waals surface area contributed by atoms with E-state index in [2.05, 4.69) is 37.9 Å². The van der Waals surface area contributed by atoms with Crippen LogP contribution in [0, 0.1) is 5.92 Å². The van der Waals surface area contributed by atoms with Crippen LogP contribution >= 0.6 is 11.8 Å². The smallest absolute Gasteiger partial charge is 0.241 e. The molecule has 0 saturated carbocycles. The van der Waals surface area contributed by atoms with E-state index >= 15 is 0 Å². The highest BCUT2D eigenvalue weighted by molar-refractivity contribution is 7.99. The Morgan fingerprint density at radius 3 is 2.88 bits per heavy atom. The number of nitrogens with zero attached hydrogens (tertiary/aromatic N) is 5. The summed E-state index contributed by atoms with van der Waals surface area (Å²) in [4.78, 5) is 13.9. The molecule has 2 aromatic heterocycles. The summed E-state index contributed by atoms with van der Waals surface area (Å²) in [6, 6.07) is 4.12. The van der Waals surface area contributed by atoms with Crippen LogP contribution in [-0.2, 0) is 6.54 Å². The summed E-state index contributed by atoms with van der Waals surface area (Å²) in [6.45, 7) is 7.41. The van der Waals surface area contributed by atoms with Crippen LogP contribution in [0.5, 0.6) is 0 Å². The Morgan fingerprint density at radius 2 is 2.12 bits per heavy atom. The molecule has 0 unspecified atom stereocenters. The molecule has 4 rings (SSSR count). The zero-order valence-electron chi connectivity index (χ0n) is 14.7. The first-order valence-electron chi connectivity index (χ1n) is 9.12. The van der Waals surface area contributed by atoms with Gasteiger partial charge >= 0.3 is 0 Å². The zero-order chi connectivity index (χ0) is 17.1. The number of thioether (sulfide) groups is 1. The highest BCUT2D eigenvalue weighted by Crippen LogP contribution is 2.23. The highest BCUT2D eigenvalue weighted by Gasteiger charge is 2.18. The number of piperidine rings is 1. The largest absolute Gasteiger partial charge is 0.356 e. The van der Waals surface area contributed by atoms with Gasteiger partial charge in [-0.3, -0.25) is 4.90 Å². The molecule has 4 heterocycles. The van der Waals surface area contributed by atoms with E-state index < -0.39 is 0 Å². The van der Waals surface area contributed by atoms with Crippen LogP contribution in [-0.4, -0.2) is 57.7 Å². The van der Waals surface area contributed by atoms with Crippen LogP contribution in [0.25, 0.3) is 11.4 Å². The van der Waals surface area contributed by atoms with E-state index in [4.69, 9.17) is 4.52 Å². The lowest BCUT2D eigenvalue weighted by Crippen LogP contribution is -2.34. The number of hydrogen-bond donors (Lipinski definition) is 0. The fourth-order valence-corrected chi connectivity index (χ4v) is 4.47. The normalized spacial score (nSPS) is 22.3. The van der Waals surface area contributed by atoms with Crippen molar-refractivity contribution < 1.29 is 4.52 Å². The minimum atomic E-state index is 0.632. The molecule has 2 aliphatic rings. The molecular weight excluding hydrogens is 334 g/mol. The van der Waals surface area contributed by atoms with Crippen molar-refractivity contribution in [3.05, 3.63) is 24.2 Å². The molecule has 0 amide bonds. The standard InChI is InChI=1S/C18H25N5OS/c1-14-3-2-6-23(12-14)16-5-4-15(11-19-16)18-20-17(24-21-18)13-22-7-9-25-10-8-22/h4-5,11,14H,2-3,6-10,12-13H2,1H3/t14-/m0/s1. The van der Waals surface area contributed by atoms with Crippen molar-refractivity contribution in [2.45, 2.75) is 26.3 Å². The van der Waals surface area contributed by atoms with Gasteiger partial charge in [-0.1, -0.05) is 12.1 Å². The maximum atomic E-state index is 5.43. The Bertz CT molecular complexity index is 683. The van der Waals surface area contributed by atoms with Gasteiger partial charge in [-0.25, -0.2) is 4.98 Å². The second-order valence-electron chi connectivity index (χ2n) is 7.00. The van der Waals surface area contributed by atoms with E-state index in [1.165, 1.54) is 24.3 Å². The van der Waals surface area contributed by atoms with Crippen molar-refractivity contribution in [3.8, 4) is 11.4 Å². The van der Waals surface area contributed by atoms with Crippen LogP contribution in [0.1, 0.15) is 25.7 Å². The van der Waals surface area contributed by atoms with E-state index in [0.717, 1.165) is 50.0 Å². The van der Waals surface area contributed by atoms with Crippen molar-refractivity contribution >= 4 is 17.6 Å². The van der Waals surface area contributed by atoms with Gasteiger partial charge in [0.25, 0.3) is 0 Å². The van der Waals surface area contributed by atoms with Gasteiger partial charge in [-0.05, 0) is 30.9 Å². The third kappa shape index (κ3) is 4.15. The number of anilines is 1. The summed E-state index contributed by atoms with van der Waals surface area (Å²) in [5.74, 6) is 5.47. The fraction of sp³-hybridized carbons (Fsp3) is 0.611. The van der Waals surface area contributed by atoms with E-state index in [-0.39, 0.29) is 0 Å². The first-order chi connectivity index (χ1) is 12.3. The molecule has 0 bridgehead atoms. The first-order valence-corrected chi connectivity index (χ1v) is 10.3. The SMILES string of the molecule is C[C@H]1CCCN(c2ccc(-c3noc(CN4CCSCC4)n3)cn2)C1. The molecule has 0 aliphatic carbocycles. The monoisotopic (exact) mass is 359 g/mol. The van der Waals surface area contributed by atoms with Crippen molar-refractivity contribution in [1.82, 2.24) is 20.0 Å². The van der Waals surface area contributed by atoms with Gasteiger partial charge < -0.3 is 9.42 Å². The predicted octanol–water partition coefficient (Wildman–Crippen LogP) is 2.92. The summed E-state index contributed by atoms with van der Waals surface area (Å²) < 4.78 is 5.43. The van der Waals surface area contributed by atoms with E-state index in [1.807, 2.05) is 24.0 Å². The number of hydrogen-bond acceptors (Lipinski definition) is 7. The van der Waals surface area contributed by atoms with Crippen molar-refractivity contribution in [1.29, 1.82) is 0 Å². The third-order valence-corrected chi connectivity index (χ3v) is 5.86. The second kappa shape index (κ2) is 7.74. The Balaban J connectivity index is 1.41. The maximum Gasteiger partial charge on any atom is 0.241 e. The number of aromatic nitrogens is 3. The zero-order valence-corrected chi connectivity index (χ0v) is 15.5. The molecule has 0 radical (unpaired) electrons. The third-order valence-electron chi connectivity index (χ3n) is 4.92. The molecule has 2 fully saturated rings. The molecule has 7 heteroatoms.